The van der Waals surface area contributed by atoms with Crippen LogP contribution in [0.5, 0.6) is 0 Å². The van der Waals surface area contributed by atoms with Crippen molar-refractivity contribution >= 4 is 7.37 Å². The zero-order chi connectivity index (χ0) is 10.6. The maximum Gasteiger partial charge on any atom is 0.204 e. The third kappa shape index (κ3) is 4.08. The number of hydrogen-bond donors (Lipinski definition) is 0. The van der Waals surface area contributed by atoms with Gasteiger partial charge in [0.1, 0.15) is 0 Å². The highest BCUT2D eigenvalue weighted by Crippen LogP contribution is 2.47. The van der Waals surface area contributed by atoms with Gasteiger partial charge in [-0.1, -0.05) is 30.3 Å². The van der Waals surface area contributed by atoms with Crippen molar-refractivity contribution in [2.75, 3.05) is 6.66 Å². The van der Waals surface area contributed by atoms with Crippen molar-refractivity contribution in [2.45, 2.75) is 26.1 Å². The molecule has 3 heteroatoms. The van der Waals surface area contributed by atoms with Crippen molar-refractivity contribution in [3.63, 3.8) is 0 Å². The van der Waals surface area contributed by atoms with Crippen LogP contribution < -0.4 is 0 Å². The maximum atomic E-state index is 12.0. The van der Waals surface area contributed by atoms with Crippen LogP contribution in [0.3, 0.4) is 0 Å². The number of rotatable bonds is 4. The Balaban J connectivity index is 2.64. The summed E-state index contributed by atoms with van der Waals surface area (Å²) in [4.78, 5) is 0. The SMILES string of the molecule is CC(C)OP(C)(=O)Cc1ccccc1. The van der Waals surface area contributed by atoms with E-state index in [0.29, 0.717) is 6.16 Å². The predicted molar refractivity (Wildman–Crippen MR) is 59.9 cm³/mol. The van der Waals surface area contributed by atoms with Crippen LogP contribution in [0, 0.1) is 0 Å². The van der Waals surface area contributed by atoms with Gasteiger partial charge in [-0.15, -0.1) is 0 Å². The minimum absolute atomic E-state index is 0.0227. The Labute approximate surface area is 85.7 Å². The molecule has 1 unspecified atom stereocenters. The van der Waals surface area contributed by atoms with E-state index in [9.17, 15) is 4.57 Å². The molecule has 2 nitrogen and oxygen atoms in total. The summed E-state index contributed by atoms with van der Waals surface area (Å²) in [7, 11) is -2.47. The van der Waals surface area contributed by atoms with Crippen molar-refractivity contribution < 1.29 is 9.09 Å². The van der Waals surface area contributed by atoms with E-state index in [4.69, 9.17) is 4.52 Å². The van der Waals surface area contributed by atoms with Gasteiger partial charge in [0.25, 0.3) is 0 Å². The molecule has 0 N–H and O–H groups in total. The molecule has 1 atom stereocenters. The van der Waals surface area contributed by atoms with E-state index in [1.165, 1.54) is 0 Å². The molecule has 1 aromatic rings. The molecule has 0 aliphatic rings. The molecule has 0 aliphatic carbocycles. The smallest absolute Gasteiger partial charge is 0.204 e. The molecule has 0 bridgehead atoms. The third-order valence-electron chi connectivity index (χ3n) is 1.75. The molecule has 0 heterocycles. The molecule has 0 saturated carbocycles. The van der Waals surface area contributed by atoms with Gasteiger partial charge >= 0.3 is 0 Å². The highest BCUT2D eigenvalue weighted by atomic mass is 31.2. The summed E-state index contributed by atoms with van der Waals surface area (Å²) in [6.07, 6.45) is 0.543. The summed E-state index contributed by atoms with van der Waals surface area (Å²) in [5.41, 5.74) is 1.07. The van der Waals surface area contributed by atoms with Crippen molar-refractivity contribution in [2.24, 2.45) is 0 Å². The van der Waals surface area contributed by atoms with E-state index in [0.717, 1.165) is 5.56 Å². The summed E-state index contributed by atoms with van der Waals surface area (Å²) < 4.78 is 17.4. The molecule has 0 saturated heterocycles. The van der Waals surface area contributed by atoms with Crippen molar-refractivity contribution in [3.05, 3.63) is 35.9 Å². The Morgan fingerprint density at radius 3 is 2.36 bits per heavy atom. The second kappa shape index (κ2) is 4.77. The monoisotopic (exact) mass is 212 g/mol. The summed E-state index contributed by atoms with van der Waals surface area (Å²) >= 11 is 0. The van der Waals surface area contributed by atoms with Crippen LogP contribution in [0.25, 0.3) is 0 Å². The van der Waals surface area contributed by atoms with Gasteiger partial charge in [0.15, 0.2) is 0 Å². The zero-order valence-corrected chi connectivity index (χ0v) is 9.83. The first-order valence-corrected chi connectivity index (χ1v) is 7.04. The summed E-state index contributed by atoms with van der Waals surface area (Å²) in [6, 6.07) is 9.79. The maximum absolute atomic E-state index is 12.0. The molecule has 0 fully saturated rings. The zero-order valence-electron chi connectivity index (χ0n) is 8.93. The first-order valence-electron chi connectivity index (χ1n) is 4.78. The second-order valence-electron chi connectivity index (χ2n) is 3.81. The summed E-state index contributed by atoms with van der Waals surface area (Å²) in [5, 5.41) is 0. The predicted octanol–water partition coefficient (Wildman–Crippen LogP) is 3.52. The van der Waals surface area contributed by atoms with E-state index in [2.05, 4.69) is 0 Å². The van der Waals surface area contributed by atoms with E-state index in [-0.39, 0.29) is 6.10 Å². The Morgan fingerprint density at radius 2 is 1.86 bits per heavy atom. The first kappa shape index (κ1) is 11.5. The fourth-order valence-corrected chi connectivity index (χ4v) is 3.24. The lowest BCUT2D eigenvalue weighted by atomic mass is 10.2. The molecule has 0 amide bonds. The molecule has 14 heavy (non-hydrogen) atoms. The average Bonchev–Trinajstić information content (AvgIpc) is 2.02. The van der Waals surface area contributed by atoms with Gasteiger partial charge in [-0.05, 0) is 19.4 Å². The normalized spacial score (nSPS) is 15.4. The lowest BCUT2D eigenvalue weighted by Crippen LogP contribution is -2.01. The lowest BCUT2D eigenvalue weighted by molar-refractivity contribution is 0.245. The Hall–Kier alpha value is -0.590. The fourth-order valence-electron chi connectivity index (χ4n) is 1.40. The van der Waals surface area contributed by atoms with Crippen LogP contribution in [0.15, 0.2) is 30.3 Å². The molecule has 0 radical (unpaired) electrons. The molecule has 1 aromatic carbocycles. The highest BCUT2D eigenvalue weighted by molar-refractivity contribution is 7.57. The number of hydrogen-bond acceptors (Lipinski definition) is 2. The Bertz CT molecular complexity index is 319. The second-order valence-corrected chi connectivity index (χ2v) is 6.37. The Morgan fingerprint density at radius 1 is 1.29 bits per heavy atom. The minimum atomic E-state index is -2.47. The van der Waals surface area contributed by atoms with E-state index >= 15 is 0 Å². The van der Waals surface area contributed by atoms with Gasteiger partial charge in [-0.25, -0.2) is 0 Å². The molecule has 0 aromatic heterocycles. The van der Waals surface area contributed by atoms with E-state index in [1.54, 1.807) is 6.66 Å². The number of benzene rings is 1. The minimum Gasteiger partial charge on any atom is -0.326 e. The fraction of sp³-hybridized carbons (Fsp3) is 0.455. The molecule has 0 aliphatic heterocycles. The molecular formula is C11H17O2P. The van der Waals surface area contributed by atoms with Gasteiger partial charge in [0.2, 0.25) is 7.37 Å². The average molecular weight is 212 g/mol. The van der Waals surface area contributed by atoms with Crippen LogP contribution in [-0.4, -0.2) is 12.8 Å². The quantitative estimate of drug-likeness (QED) is 0.714. The van der Waals surface area contributed by atoms with Crippen LogP contribution in [0.4, 0.5) is 0 Å². The van der Waals surface area contributed by atoms with Gasteiger partial charge in [-0.2, -0.15) is 0 Å². The summed E-state index contributed by atoms with van der Waals surface area (Å²) in [6.45, 7) is 5.50. The molecule has 0 spiro atoms. The van der Waals surface area contributed by atoms with Crippen LogP contribution in [0.2, 0.25) is 0 Å². The third-order valence-corrected chi connectivity index (χ3v) is 3.55. The van der Waals surface area contributed by atoms with Gasteiger partial charge < -0.3 is 4.52 Å². The summed E-state index contributed by atoms with van der Waals surface area (Å²) in [5.74, 6) is 0. The van der Waals surface area contributed by atoms with E-state index in [1.807, 2.05) is 44.2 Å². The van der Waals surface area contributed by atoms with Gasteiger partial charge in [0.05, 0.1) is 6.10 Å². The van der Waals surface area contributed by atoms with Crippen molar-refractivity contribution in [1.82, 2.24) is 0 Å². The van der Waals surface area contributed by atoms with Crippen molar-refractivity contribution in [3.8, 4) is 0 Å². The highest BCUT2D eigenvalue weighted by Gasteiger charge is 2.17. The molecule has 78 valence electrons. The van der Waals surface area contributed by atoms with Gasteiger partial charge in [0, 0.05) is 12.8 Å². The van der Waals surface area contributed by atoms with Gasteiger partial charge in [-0.3, -0.25) is 4.57 Å². The van der Waals surface area contributed by atoms with Crippen LogP contribution in [0.1, 0.15) is 19.4 Å². The Kier molecular flexibility index (Phi) is 3.91. The van der Waals surface area contributed by atoms with Crippen molar-refractivity contribution in [1.29, 1.82) is 0 Å². The largest absolute Gasteiger partial charge is 0.326 e. The molecule has 1 rings (SSSR count). The molecular weight excluding hydrogens is 195 g/mol. The topological polar surface area (TPSA) is 26.3 Å². The van der Waals surface area contributed by atoms with Crippen LogP contribution in [-0.2, 0) is 15.3 Å². The standard InChI is InChI=1S/C11H17O2P/c1-10(2)13-14(3,12)9-11-7-5-4-6-8-11/h4-8,10H,9H2,1-3H3. The van der Waals surface area contributed by atoms with E-state index < -0.39 is 7.37 Å². The van der Waals surface area contributed by atoms with Crippen LogP contribution >= 0.6 is 7.37 Å². The first-order chi connectivity index (χ1) is 6.49. The lowest BCUT2D eigenvalue weighted by Gasteiger charge is -2.16.